The molecular formula is C13H15FN4O3. The second kappa shape index (κ2) is 5.78. The number of nitrogens with one attached hydrogen (secondary N) is 1. The van der Waals surface area contributed by atoms with E-state index >= 15 is 0 Å². The fourth-order valence-electron chi connectivity index (χ4n) is 1.96. The molecule has 1 heterocycles. The van der Waals surface area contributed by atoms with Gasteiger partial charge >= 0.3 is 6.03 Å². The van der Waals surface area contributed by atoms with Gasteiger partial charge in [-0.15, -0.1) is 0 Å². The maximum atomic E-state index is 12.9. The first-order valence-corrected chi connectivity index (χ1v) is 6.29. The molecule has 0 radical (unpaired) electrons. The number of amides is 4. The summed E-state index contributed by atoms with van der Waals surface area (Å²) >= 11 is 0. The number of halogens is 1. The van der Waals surface area contributed by atoms with Crippen molar-refractivity contribution in [2.75, 3.05) is 31.2 Å². The van der Waals surface area contributed by atoms with Crippen LogP contribution in [0.3, 0.4) is 0 Å². The molecule has 4 amide bonds. The largest absolute Gasteiger partial charge is 0.397 e. The Morgan fingerprint density at radius 2 is 2.14 bits per heavy atom. The Morgan fingerprint density at radius 1 is 1.43 bits per heavy atom. The van der Waals surface area contributed by atoms with Crippen LogP contribution >= 0.6 is 0 Å². The fourth-order valence-corrected chi connectivity index (χ4v) is 1.96. The summed E-state index contributed by atoms with van der Waals surface area (Å²) in [5.74, 6) is -1.25. The van der Waals surface area contributed by atoms with Gasteiger partial charge in [-0.25, -0.2) is 9.18 Å². The van der Waals surface area contributed by atoms with Crippen LogP contribution < -0.4 is 11.1 Å². The van der Waals surface area contributed by atoms with E-state index in [1.54, 1.807) is 0 Å². The van der Waals surface area contributed by atoms with E-state index in [4.69, 9.17) is 5.73 Å². The summed E-state index contributed by atoms with van der Waals surface area (Å²) in [5.41, 5.74) is 5.97. The highest BCUT2D eigenvalue weighted by Crippen LogP contribution is 2.19. The Bertz CT molecular complexity index is 605. The second-order valence-corrected chi connectivity index (χ2v) is 4.71. The zero-order valence-corrected chi connectivity index (χ0v) is 11.4. The van der Waals surface area contributed by atoms with Crippen LogP contribution in [0, 0.1) is 5.82 Å². The Hall–Kier alpha value is -2.64. The lowest BCUT2D eigenvalue weighted by Crippen LogP contribution is -2.34. The topological polar surface area (TPSA) is 95.7 Å². The van der Waals surface area contributed by atoms with Crippen LogP contribution in [0.1, 0.15) is 6.42 Å². The number of carbonyl (C=O) groups is 3. The van der Waals surface area contributed by atoms with Gasteiger partial charge in [-0.3, -0.25) is 14.5 Å². The lowest BCUT2D eigenvalue weighted by molar-refractivity contribution is -0.125. The van der Waals surface area contributed by atoms with E-state index < -0.39 is 17.8 Å². The Labute approximate surface area is 120 Å². The molecule has 1 aromatic rings. The van der Waals surface area contributed by atoms with Crippen molar-refractivity contribution in [2.24, 2.45) is 0 Å². The molecule has 3 N–H and O–H groups in total. The van der Waals surface area contributed by atoms with Crippen molar-refractivity contribution >= 4 is 29.2 Å². The lowest BCUT2D eigenvalue weighted by atomic mass is 10.2. The minimum atomic E-state index is -0.498. The maximum Gasteiger partial charge on any atom is 0.326 e. The summed E-state index contributed by atoms with van der Waals surface area (Å²) < 4.78 is 12.9. The minimum Gasteiger partial charge on any atom is -0.397 e. The minimum absolute atomic E-state index is 0.00502. The molecule has 0 saturated carbocycles. The van der Waals surface area contributed by atoms with Gasteiger partial charge in [0.25, 0.3) is 0 Å². The molecule has 1 aromatic carbocycles. The molecule has 0 spiro atoms. The Kier molecular flexibility index (Phi) is 4.06. The van der Waals surface area contributed by atoms with Gasteiger partial charge in [-0.05, 0) is 18.2 Å². The molecule has 112 valence electrons. The van der Waals surface area contributed by atoms with E-state index in [-0.39, 0.29) is 36.8 Å². The van der Waals surface area contributed by atoms with Gasteiger partial charge in [0.1, 0.15) is 12.4 Å². The highest BCUT2D eigenvalue weighted by Gasteiger charge is 2.33. The quantitative estimate of drug-likeness (QED) is 0.629. The number of rotatable bonds is 4. The first-order valence-electron chi connectivity index (χ1n) is 6.29. The van der Waals surface area contributed by atoms with Crippen molar-refractivity contribution in [3.63, 3.8) is 0 Å². The molecule has 1 aliphatic heterocycles. The molecule has 0 aromatic heterocycles. The summed E-state index contributed by atoms with van der Waals surface area (Å²) in [7, 11) is 1.51. The molecule has 0 unspecified atom stereocenters. The van der Waals surface area contributed by atoms with E-state index in [9.17, 15) is 18.8 Å². The van der Waals surface area contributed by atoms with Gasteiger partial charge in [-0.2, -0.15) is 0 Å². The van der Waals surface area contributed by atoms with Crippen LogP contribution in [0.15, 0.2) is 18.2 Å². The van der Waals surface area contributed by atoms with Crippen molar-refractivity contribution in [3.05, 3.63) is 24.0 Å². The Morgan fingerprint density at radius 3 is 2.71 bits per heavy atom. The first kappa shape index (κ1) is 14.8. The van der Waals surface area contributed by atoms with Crippen molar-refractivity contribution in [3.8, 4) is 0 Å². The number of hydrogen-bond donors (Lipinski definition) is 2. The molecule has 0 atom stereocenters. The zero-order valence-electron chi connectivity index (χ0n) is 11.4. The summed E-state index contributed by atoms with van der Waals surface area (Å²) in [6.45, 7) is 0.0142. The number of carbonyl (C=O) groups excluding carboxylic acids is 3. The predicted octanol–water partition coefficient (Wildman–Crippen LogP) is 0.630. The third-order valence-electron chi connectivity index (χ3n) is 3.08. The average molecular weight is 294 g/mol. The van der Waals surface area contributed by atoms with E-state index in [2.05, 4.69) is 5.32 Å². The number of nitrogen functional groups attached to an aromatic ring is 1. The van der Waals surface area contributed by atoms with E-state index in [0.717, 1.165) is 11.0 Å². The summed E-state index contributed by atoms with van der Waals surface area (Å²) in [6.07, 6.45) is -0.0534. The molecule has 0 bridgehead atoms. The van der Waals surface area contributed by atoms with Gasteiger partial charge in [0.2, 0.25) is 11.8 Å². The van der Waals surface area contributed by atoms with Crippen LogP contribution in [0.2, 0.25) is 0 Å². The van der Waals surface area contributed by atoms with Crippen LogP contribution in [-0.2, 0) is 9.59 Å². The van der Waals surface area contributed by atoms with Gasteiger partial charge in [0.05, 0.1) is 11.4 Å². The smallest absolute Gasteiger partial charge is 0.326 e. The van der Waals surface area contributed by atoms with Crippen LogP contribution in [0.5, 0.6) is 0 Å². The van der Waals surface area contributed by atoms with Crippen molar-refractivity contribution in [1.82, 2.24) is 9.80 Å². The van der Waals surface area contributed by atoms with Crippen LogP contribution in [0.4, 0.5) is 20.6 Å². The van der Waals surface area contributed by atoms with Crippen LogP contribution in [-0.4, -0.2) is 47.8 Å². The molecule has 1 saturated heterocycles. The first-order chi connectivity index (χ1) is 9.88. The molecule has 7 nitrogen and oxygen atoms in total. The van der Waals surface area contributed by atoms with E-state index in [1.807, 2.05) is 0 Å². The normalized spacial score (nSPS) is 14.8. The number of nitrogens with zero attached hydrogens (tertiary/aromatic N) is 2. The molecule has 0 aliphatic carbocycles. The number of nitrogens with two attached hydrogens (primary N) is 1. The van der Waals surface area contributed by atoms with Gasteiger partial charge in [0, 0.05) is 20.0 Å². The number of hydrogen-bond acceptors (Lipinski definition) is 4. The van der Waals surface area contributed by atoms with E-state index in [0.29, 0.717) is 0 Å². The number of benzene rings is 1. The fraction of sp³-hybridized carbons (Fsp3) is 0.308. The zero-order chi connectivity index (χ0) is 15.6. The number of anilines is 2. The molecule has 2 rings (SSSR count). The number of urea groups is 1. The molecule has 8 heteroatoms. The van der Waals surface area contributed by atoms with Gasteiger partial charge in [-0.1, -0.05) is 0 Å². The summed E-state index contributed by atoms with van der Waals surface area (Å²) in [6, 6.07) is 3.20. The number of imide groups is 1. The van der Waals surface area contributed by atoms with Crippen molar-refractivity contribution in [2.45, 2.75) is 6.42 Å². The SMILES string of the molecule is CN1CC(=O)N(CCC(=O)Nc2ccc(F)cc2N)C1=O. The average Bonchev–Trinajstić information content (AvgIpc) is 2.65. The van der Waals surface area contributed by atoms with E-state index in [1.165, 1.54) is 24.1 Å². The molecule has 1 fully saturated rings. The predicted molar refractivity (Wildman–Crippen MR) is 73.8 cm³/mol. The van der Waals surface area contributed by atoms with Gasteiger partial charge in [0.15, 0.2) is 0 Å². The van der Waals surface area contributed by atoms with Gasteiger partial charge < -0.3 is 16.0 Å². The molecule has 1 aliphatic rings. The summed E-state index contributed by atoms with van der Waals surface area (Å²) in [5, 5.41) is 2.51. The third kappa shape index (κ3) is 3.28. The molecular weight excluding hydrogens is 279 g/mol. The molecule has 21 heavy (non-hydrogen) atoms. The number of likely N-dealkylation sites (N-methyl/N-ethyl adjacent to an activating group) is 1. The van der Waals surface area contributed by atoms with Crippen molar-refractivity contribution < 1.29 is 18.8 Å². The summed E-state index contributed by atoms with van der Waals surface area (Å²) in [4.78, 5) is 37.2. The third-order valence-corrected chi connectivity index (χ3v) is 3.08. The maximum absolute atomic E-state index is 12.9. The van der Waals surface area contributed by atoms with Crippen LogP contribution in [0.25, 0.3) is 0 Å². The monoisotopic (exact) mass is 294 g/mol. The Balaban J connectivity index is 1.91. The van der Waals surface area contributed by atoms with Crippen molar-refractivity contribution in [1.29, 1.82) is 0 Å². The highest BCUT2D eigenvalue weighted by molar-refractivity contribution is 6.02. The standard InChI is InChI=1S/C13H15FN4O3/c1-17-7-12(20)18(13(17)21)5-4-11(19)16-10-3-2-8(14)6-9(10)15/h2-3,6H,4-5,7,15H2,1H3,(H,16,19). The second-order valence-electron chi connectivity index (χ2n) is 4.71. The highest BCUT2D eigenvalue weighted by atomic mass is 19.1. The lowest BCUT2D eigenvalue weighted by Gasteiger charge is -2.14.